The SMILES string of the molecule is CCOc1nc(Sc2ccc3ccccc3c2)ccc1N. The Hall–Kier alpha value is -2.20. The van der Waals surface area contributed by atoms with Crippen LogP contribution < -0.4 is 10.5 Å². The summed E-state index contributed by atoms with van der Waals surface area (Å²) in [5.41, 5.74) is 6.42. The lowest BCUT2D eigenvalue weighted by Crippen LogP contribution is -1.99. The van der Waals surface area contributed by atoms with Crippen LogP contribution in [0.5, 0.6) is 5.88 Å². The monoisotopic (exact) mass is 296 g/mol. The molecular formula is C17H16N2OS. The average Bonchev–Trinajstić information content (AvgIpc) is 2.51. The number of nitrogen functional groups attached to an aromatic ring is 1. The number of benzene rings is 2. The number of pyridine rings is 1. The summed E-state index contributed by atoms with van der Waals surface area (Å²) < 4.78 is 5.44. The quantitative estimate of drug-likeness (QED) is 0.776. The molecule has 0 radical (unpaired) electrons. The summed E-state index contributed by atoms with van der Waals surface area (Å²) in [7, 11) is 0. The second-order valence-electron chi connectivity index (χ2n) is 4.59. The number of fused-ring (bicyclic) bond motifs is 1. The fraction of sp³-hybridized carbons (Fsp3) is 0.118. The molecule has 0 aliphatic rings. The topological polar surface area (TPSA) is 48.1 Å². The summed E-state index contributed by atoms with van der Waals surface area (Å²) >= 11 is 1.60. The van der Waals surface area contributed by atoms with E-state index in [-0.39, 0.29) is 0 Å². The lowest BCUT2D eigenvalue weighted by molar-refractivity contribution is 0.326. The lowest BCUT2D eigenvalue weighted by Gasteiger charge is -2.08. The Bertz CT molecular complexity index is 774. The first-order valence-corrected chi connectivity index (χ1v) is 7.64. The molecule has 2 N–H and O–H groups in total. The number of ether oxygens (including phenoxy) is 1. The molecular weight excluding hydrogens is 280 g/mol. The molecule has 2 aromatic carbocycles. The predicted molar refractivity (Wildman–Crippen MR) is 87.9 cm³/mol. The Kier molecular flexibility index (Phi) is 3.97. The van der Waals surface area contributed by atoms with Crippen LogP contribution in [0, 0.1) is 0 Å². The Morgan fingerprint density at radius 2 is 1.86 bits per heavy atom. The minimum absolute atomic E-state index is 0.503. The van der Waals surface area contributed by atoms with Crippen LogP contribution in [0.4, 0.5) is 5.69 Å². The molecule has 3 rings (SSSR count). The minimum atomic E-state index is 0.503. The molecule has 1 aromatic heterocycles. The van der Waals surface area contributed by atoms with Crippen molar-refractivity contribution in [1.29, 1.82) is 0 Å². The van der Waals surface area contributed by atoms with Crippen molar-refractivity contribution in [1.82, 2.24) is 4.98 Å². The van der Waals surface area contributed by atoms with Crippen molar-refractivity contribution < 1.29 is 4.74 Å². The van der Waals surface area contributed by atoms with Gasteiger partial charge in [-0.25, -0.2) is 4.98 Å². The molecule has 1 heterocycles. The number of anilines is 1. The molecule has 0 spiro atoms. The van der Waals surface area contributed by atoms with E-state index in [0.717, 1.165) is 9.92 Å². The largest absolute Gasteiger partial charge is 0.476 e. The Morgan fingerprint density at radius 1 is 1.05 bits per heavy atom. The summed E-state index contributed by atoms with van der Waals surface area (Å²) in [6.45, 7) is 2.48. The van der Waals surface area contributed by atoms with Gasteiger partial charge in [0.05, 0.1) is 12.3 Å². The average molecular weight is 296 g/mol. The molecule has 0 bridgehead atoms. The van der Waals surface area contributed by atoms with Gasteiger partial charge in [0.2, 0.25) is 5.88 Å². The van der Waals surface area contributed by atoms with E-state index in [9.17, 15) is 0 Å². The highest BCUT2D eigenvalue weighted by molar-refractivity contribution is 7.99. The van der Waals surface area contributed by atoms with Crippen molar-refractivity contribution in [3.63, 3.8) is 0 Å². The highest BCUT2D eigenvalue weighted by Gasteiger charge is 2.06. The highest BCUT2D eigenvalue weighted by atomic mass is 32.2. The predicted octanol–water partition coefficient (Wildman–Crippen LogP) is 4.37. The van der Waals surface area contributed by atoms with E-state index in [1.807, 2.05) is 31.2 Å². The van der Waals surface area contributed by atoms with Crippen LogP contribution in [-0.2, 0) is 0 Å². The van der Waals surface area contributed by atoms with Crippen LogP contribution in [0.15, 0.2) is 64.5 Å². The van der Waals surface area contributed by atoms with Crippen LogP contribution in [0.25, 0.3) is 10.8 Å². The van der Waals surface area contributed by atoms with Gasteiger partial charge < -0.3 is 10.5 Å². The number of hydrogen-bond acceptors (Lipinski definition) is 4. The number of nitrogens with two attached hydrogens (primary N) is 1. The maximum Gasteiger partial charge on any atom is 0.238 e. The van der Waals surface area contributed by atoms with Gasteiger partial charge in [-0.15, -0.1) is 0 Å². The second-order valence-corrected chi connectivity index (χ2v) is 5.68. The van der Waals surface area contributed by atoms with Crippen LogP contribution in [0.1, 0.15) is 6.92 Å². The molecule has 0 aliphatic heterocycles. The maximum absolute atomic E-state index is 5.85. The molecule has 0 amide bonds. The Balaban J connectivity index is 1.89. The Morgan fingerprint density at radius 3 is 2.67 bits per heavy atom. The molecule has 0 saturated carbocycles. The second kappa shape index (κ2) is 6.06. The summed E-state index contributed by atoms with van der Waals surface area (Å²) in [4.78, 5) is 5.60. The van der Waals surface area contributed by atoms with Crippen LogP contribution in [0.3, 0.4) is 0 Å². The van der Waals surface area contributed by atoms with E-state index in [1.165, 1.54) is 10.8 Å². The Labute approximate surface area is 128 Å². The standard InChI is InChI=1S/C17H16N2OS/c1-2-20-17-15(18)9-10-16(19-17)21-14-8-7-12-5-3-4-6-13(12)11-14/h3-11H,2,18H2,1H3. The molecule has 3 aromatic rings. The van der Waals surface area contributed by atoms with Gasteiger partial charge in [0, 0.05) is 4.90 Å². The van der Waals surface area contributed by atoms with E-state index < -0.39 is 0 Å². The van der Waals surface area contributed by atoms with Crippen molar-refractivity contribution in [2.24, 2.45) is 0 Å². The third-order valence-corrected chi connectivity index (χ3v) is 4.01. The van der Waals surface area contributed by atoms with E-state index in [1.54, 1.807) is 11.8 Å². The molecule has 106 valence electrons. The maximum atomic E-state index is 5.85. The van der Waals surface area contributed by atoms with Crippen molar-refractivity contribution >= 4 is 28.2 Å². The third-order valence-electron chi connectivity index (χ3n) is 3.09. The van der Waals surface area contributed by atoms with Crippen molar-refractivity contribution in [3.05, 3.63) is 54.6 Å². The molecule has 3 nitrogen and oxygen atoms in total. The van der Waals surface area contributed by atoms with E-state index >= 15 is 0 Å². The molecule has 0 aliphatic carbocycles. The van der Waals surface area contributed by atoms with Gasteiger partial charge in [0.25, 0.3) is 0 Å². The summed E-state index contributed by atoms with van der Waals surface area (Å²) in [6.07, 6.45) is 0. The van der Waals surface area contributed by atoms with Gasteiger partial charge in [-0.05, 0) is 42.0 Å². The van der Waals surface area contributed by atoms with Crippen molar-refractivity contribution in [2.45, 2.75) is 16.8 Å². The van der Waals surface area contributed by atoms with Crippen LogP contribution in [-0.4, -0.2) is 11.6 Å². The number of aromatic nitrogens is 1. The summed E-state index contributed by atoms with van der Waals surface area (Å²) in [5, 5.41) is 3.34. The van der Waals surface area contributed by atoms with Crippen molar-refractivity contribution in [3.8, 4) is 5.88 Å². The molecule has 0 unspecified atom stereocenters. The zero-order valence-corrected chi connectivity index (χ0v) is 12.6. The van der Waals surface area contributed by atoms with Crippen LogP contribution >= 0.6 is 11.8 Å². The third kappa shape index (κ3) is 3.11. The number of hydrogen-bond donors (Lipinski definition) is 1. The molecule has 4 heteroatoms. The van der Waals surface area contributed by atoms with Crippen molar-refractivity contribution in [2.75, 3.05) is 12.3 Å². The van der Waals surface area contributed by atoms with Gasteiger partial charge in [-0.1, -0.05) is 42.1 Å². The van der Waals surface area contributed by atoms with E-state index in [0.29, 0.717) is 18.2 Å². The normalized spacial score (nSPS) is 10.7. The summed E-state index contributed by atoms with van der Waals surface area (Å²) in [5.74, 6) is 0.503. The smallest absolute Gasteiger partial charge is 0.238 e. The molecule has 21 heavy (non-hydrogen) atoms. The molecule has 0 atom stereocenters. The van der Waals surface area contributed by atoms with Gasteiger partial charge in [0.1, 0.15) is 5.03 Å². The van der Waals surface area contributed by atoms with Gasteiger partial charge in [-0.3, -0.25) is 0 Å². The van der Waals surface area contributed by atoms with Gasteiger partial charge in [-0.2, -0.15) is 0 Å². The summed E-state index contributed by atoms with van der Waals surface area (Å²) in [6, 6.07) is 18.5. The zero-order valence-electron chi connectivity index (χ0n) is 11.7. The zero-order chi connectivity index (χ0) is 14.7. The first-order chi connectivity index (χ1) is 10.3. The number of nitrogens with zero attached hydrogens (tertiary/aromatic N) is 1. The van der Waals surface area contributed by atoms with E-state index in [2.05, 4.69) is 35.3 Å². The lowest BCUT2D eigenvalue weighted by atomic mass is 10.1. The first kappa shape index (κ1) is 13.8. The highest BCUT2D eigenvalue weighted by Crippen LogP contribution is 2.31. The first-order valence-electron chi connectivity index (χ1n) is 6.82. The fourth-order valence-corrected chi connectivity index (χ4v) is 2.92. The van der Waals surface area contributed by atoms with Gasteiger partial charge in [0.15, 0.2) is 0 Å². The molecule has 0 saturated heterocycles. The number of rotatable bonds is 4. The van der Waals surface area contributed by atoms with E-state index in [4.69, 9.17) is 10.5 Å². The molecule has 0 fully saturated rings. The van der Waals surface area contributed by atoms with Gasteiger partial charge >= 0.3 is 0 Å². The van der Waals surface area contributed by atoms with Crippen LogP contribution in [0.2, 0.25) is 0 Å². The minimum Gasteiger partial charge on any atom is -0.476 e. The fourth-order valence-electron chi connectivity index (χ4n) is 2.10.